The Bertz CT molecular complexity index is 859. The van der Waals surface area contributed by atoms with Crippen LogP contribution in [0.5, 0.6) is 11.5 Å². The molecule has 0 aromatic heterocycles. The number of rotatable bonds is 6. The molecular weight excluding hydrogens is 296 g/mol. The van der Waals surface area contributed by atoms with Gasteiger partial charge in [-0.15, -0.1) is 0 Å². The first-order valence-corrected chi connectivity index (χ1v) is 8.09. The van der Waals surface area contributed by atoms with Gasteiger partial charge in [0.2, 0.25) is 0 Å². The molecule has 122 valence electrons. The van der Waals surface area contributed by atoms with Crippen molar-refractivity contribution in [3.05, 3.63) is 72.8 Å². The first-order chi connectivity index (χ1) is 11.7. The molecule has 0 atom stereocenters. The average molecular weight is 318 g/mol. The summed E-state index contributed by atoms with van der Waals surface area (Å²) in [6.07, 6.45) is 3.54. The number of hydrogen-bond donors (Lipinski definition) is 0. The second-order valence-electron chi connectivity index (χ2n) is 5.96. The highest BCUT2D eigenvalue weighted by molar-refractivity contribution is 6.11. The molecule has 0 unspecified atom stereocenters. The van der Waals surface area contributed by atoms with Gasteiger partial charge in [0.05, 0.1) is 0 Å². The standard InChI is InChI=1S/C22H22O2/c1-5-11-23-21-17-9-7-15(3)13-19(17)22(24-12-6-2)20-14-16(4)8-10-18(20)21/h5-10,13-14H,1-2,11-12H2,3-4H3. The van der Waals surface area contributed by atoms with Gasteiger partial charge in [-0.1, -0.05) is 60.7 Å². The molecule has 0 fully saturated rings. The highest BCUT2D eigenvalue weighted by Gasteiger charge is 2.16. The van der Waals surface area contributed by atoms with Gasteiger partial charge >= 0.3 is 0 Å². The van der Waals surface area contributed by atoms with Crippen molar-refractivity contribution in [2.45, 2.75) is 13.8 Å². The molecule has 0 heterocycles. The van der Waals surface area contributed by atoms with Crippen molar-refractivity contribution in [3.8, 4) is 11.5 Å². The topological polar surface area (TPSA) is 18.5 Å². The summed E-state index contributed by atoms with van der Waals surface area (Å²) in [5, 5.41) is 4.23. The van der Waals surface area contributed by atoms with Crippen LogP contribution in [0.2, 0.25) is 0 Å². The van der Waals surface area contributed by atoms with E-state index in [1.54, 1.807) is 12.2 Å². The normalized spacial score (nSPS) is 10.8. The van der Waals surface area contributed by atoms with Crippen LogP contribution in [0.3, 0.4) is 0 Å². The molecule has 0 aliphatic carbocycles. The first kappa shape index (κ1) is 16.1. The number of benzene rings is 3. The molecule has 0 aliphatic heterocycles. The number of fused-ring (bicyclic) bond motifs is 2. The Morgan fingerprint density at radius 2 is 1.12 bits per heavy atom. The minimum Gasteiger partial charge on any atom is -0.488 e. The highest BCUT2D eigenvalue weighted by atomic mass is 16.5. The maximum Gasteiger partial charge on any atom is 0.135 e. The van der Waals surface area contributed by atoms with Crippen molar-refractivity contribution >= 4 is 21.5 Å². The van der Waals surface area contributed by atoms with E-state index in [0.29, 0.717) is 13.2 Å². The van der Waals surface area contributed by atoms with Crippen LogP contribution in [0, 0.1) is 13.8 Å². The minimum absolute atomic E-state index is 0.471. The maximum absolute atomic E-state index is 6.06. The third-order valence-corrected chi connectivity index (χ3v) is 4.02. The number of ether oxygens (including phenoxy) is 2. The van der Waals surface area contributed by atoms with Crippen molar-refractivity contribution < 1.29 is 9.47 Å². The van der Waals surface area contributed by atoms with Gasteiger partial charge in [0, 0.05) is 21.5 Å². The summed E-state index contributed by atoms with van der Waals surface area (Å²) in [4.78, 5) is 0. The van der Waals surface area contributed by atoms with Gasteiger partial charge in [-0.25, -0.2) is 0 Å². The van der Waals surface area contributed by atoms with Crippen LogP contribution >= 0.6 is 0 Å². The van der Waals surface area contributed by atoms with E-state index in [-0.39, 0.29) is 0 Å². The Morgan fingerprint density at radius 1 is 0.708 bits per heavy atom. The lowest BCUT2D eigenvalue weighted by atomic mass is 9.98. The van der Waals surface area contributed by atoms with Crippen LogP contribution in [-0.2, 0) is 0 Å². The quantitative estimate of drug-likeness (QED) is 0.426. The largest absolute Gasteiger partial charge is 0.488 e. The SMILES string of the molecule is C=CCOc1c2ccc(C)cc2c(OCC=C)c2cc(C)ccc12. The summed E-state index contributed by atoms with van der Waals surface area (Å²) in [5.41, 5.74) is 2.38. The van der Waals surface area contributed by atoms with Crippen LogP contribution in [0.4, 0.5) is 0 Å². The van der Waals surface area contributed by atoms with E-state index in [4.69, 9.17) is 9.47 Å². The van der Waals surface area contributed by atoms with Gasteiger partial charge in [0.25, 0.3) is 0 Å². The summed E-state index contributed by atoms with van der Waals surface area (Å²) in [6, 6.07) is 12.7. The van der Waals surface area contributed by atoms with E-state index in [9.17, 15) is 0 Å². The van der Waals surface area contributed by atoms with Gasteiger partial charge in [-0.3, -0.25) is 0 Å². The molecule has 0 saturated heterocycles. The van der Waals surface area contributed by atoms with E-state index in [0.717, 1.165) is 33.0 Å². The Morgan fingerprint density at radius 3 is 1.54 bits per heavy atom. The van der Waals surface area contributed by atoms with E-state index in [2.05, 4.69) is 63.4 Å². The molecule has 0 radical (unpaired) electrons. The van der Waals surface area contributed by atoms with Gasteiger partial charge < -0.3 is 9.47 Å². The lowest BCUT2D eigenvalue weighted by Crippen LogP contribution is -2.00. The molecule has 0 N–H and O–H groups in total. The molecule has 3 rings (SSSR count). The zero-order valence-electron chi connectivity index (χ0n) is 14.3. The first-order valence-electron chi connectivity index (χ1n) is 8.09. The molecule has 3 aromatic rings. The molecule has 24 heavy (non-hydrogen) atoms. The third kappa shape index (κ3) is 2.88. The monoisotopic (exact) mass is 318 g/mol. The molecular formula is C22H22O2. The van der Waals surface area contributed by atoms with Crippen LogP contribution in [0.25, 0.3) is 21.5 Å². The average Bonchev–Trinajstić information content (AvgIpc) is 2.58. The van der Waals surface area contributed by atoms with Crippen molar-refractivity contribution in [2.75, 3.05) is 13.2 Å². The summed E-state index contributed by atoms with van der Waals surface area (Å²) in [7, 11) is 0. The molecule has 2 heteroatoms. The fraction of sp³-hybridized carbons (Fsp3) is 0.182. The lowest BCUT2D eigenvalue weighted by Gasteiger charge is -2.17. The molecule has 0 bridgehead atoms. The molecule has 0 spiro atoms. The zero-order chi connectivity index (χ0) is 17.1. The van der Waals surface area contributed by atoms with Crippen molar-refractivity contribution in [3.63, 3.8) is 0 Å². The van der Waals surface area contributed by atoms with Crippen LogP contribution in [0.1, 0.15) is 11.1 Å². The fourth-order valence-corrected chi connectivity index (χ4v) is 2.97. The summed E-state index contributed by atoms with van der Waals surface area (Å²) in [5.74, 6) is 1.77. The smallest absolute Gasteiger partial charge is 0.135 e. The predicted octanol–water partition coefficient (Wildman–Crippen LogP) is 5.74. The fourth-order valence-electron chi connectivity index (χ4n) is 2.97. The summed E-state index contributed by atoms with van der Waals surface area (Å²) in [6.45, 7) is 12.6. The van der Waals surface area contributed by atoms with E-state index >= 15 is 0 Å². The van der Waals surface area contributed by atoms with E-state index in [1.807, 2.05) is 0 Å². The molecule has 0 saturated carbocycles. The highest BCUT2D eigenvalue weighted by Crippen LogP contribution is 2.43. The predicted molar refractivity (Wildman–Crippen MR) is 102 cm³/mol. The summed E-state index contributed by atoms with van der Waals surface area (Å²) >= 11 is 0. The van der Waals surface area contributed by atoms with Crippen LogP contribution < -0.4 is 9.47 Å². The van der Waals surface area contributed by atoms with Crippen LogP contribution in [-0.4, -0.2) is 13.2 Å². The molecule has 0 aliphatic rings. The van der Waals surface area contributed by atoms with Crippen LogP contribution in [0.15, 0.2) is 61.7 Å². The zero-order valence-corrected chi connectivity index (χ0v) is 14.3. The Kier molecular flexibility index (Phi) is 4.57. The van der Waals surface area contributed by atoms with Crippen molar-refractivity contribution in [1.82, 2.24) is 0 Å². The minimum atomic E-state index is 0.471. The molecule has 2 nitrogen and oxygen atoms in total. The lowest BCUT2D eigenvalue weighted by molar-refractivity contribution is 0.365. The van der Waals surface area contributed by atoms with E-state index in [1.165, 1.54) is 11.1 Å². The molecule has 0 amide bonds. The number of aryl methyl sites for hydroxylation is 2. The Hall–Kier alpha value is -2.74. The van der Waals surface area contributed by atoms with Gasteiger partial charge in [0.1, 0.15) is 24.7 Å². The number of hydrogen-bond acceptors (Lipinski definition) is 2. The van der Waals surface area contributed by atoms with Crippen molar-refractivity contribution in [1.29, 1.82) is 0 Å². The second kappa shape index (κ2) is 6.79. The Labute approximate surface area is 143 Å². The molecule has 3 aromatic carbocycles. The third-order valence-electron chi connectivity index (χ3n) is 4.02. The summed E-state index contributed by atoms with van der Waals surface area (Å²) < 4.78 is 12.1. The van der Waals surface area contributed by atoms with Crippen molar-refractivity contribution in [2.24, 2.45) is 0 Å². The Balaban J connectivity index is 2.42. The second-order valence-corrected chi connectivity index (χ2v) is 5.96. The van der Waals surface area contributed by atoms with Gasteiger partial charge in [-0.2, -0.15) is 0 Å². The van der Waals surface area contributed by atoms with E-state index < -0.39 is 0 Å². The maximum atomic E-state index is 6.06. The van der Waals surface area contributed by atoms with Gasteiger partial charge in [-0.05, 0) is 26.0 Å². The van der Waals surface area contributed by atoms with Gasteiger partial charge in [0.15, 0.2) is 0 Å².